The van der Waals surface area contributed by atoms with E-state index in [1.165, 1.54) is 11.4 Å². The van der Waals surface area contributed by atoms with E-state index in [1.807, 2.05) is 61.5 Å². The van der Waals surface area contributed by atoms with Gasteiger partial charge in [0.1, 0.15) is 5.75 Å². The van der Waals surface area contributed by atoms with Crippen molar-refractivity contribution in [2.45, 2.75) is 16.9 Å². The number of aryl methyl sites for hydroxylation is 1. The molecule has 0 saturated carbocycles. The SMILES string of the molecule is COC(=O)N1SC(=NC(=Nc2ccc(C)cc2)c2ccccc2)N(c2ccc(OC)cc2)C1C(Cl)(Cl)Cl. The van der Waals surface area contributed by atoms with Gasteiger partial charge in [0, 0.05) is 23.2 Å². The summed E-state index contributed by atoms with van der Waals surface area (Å²) >= 11 is 20.3. The molecule has 1 aliphatic heterocycles. The van der Waals surface area contributed by atoms with Crippen LogP contribution in [0.1, 0.15) is 11.1 Å². The van der Waals surface area contributed by atoms with E-state index in [9.17, 15) is 4.79 Å². The van der Waals surface area contributed by atoms with Gasteiger partial charge in [0.15, 0.2) is 17.2 Å². The third-order valence-electron chi connectivity index (χ3n) is 5.35. The Kier molecular flexibility index (Phi) is 8.54. The number of anilines is 1. The van der Waals surface area contributed by atoms with Crippen molar-refractivity contribution in [2.24, 2.45) is 9.98 Å². The predicted octanol–water partition coefficient (Wildman–Crippen LogP) is 7.37. The number of ether oxygens (including phenoxy) is 2. The molecule has 1 aliphatic rings. The number of alkyl halides is 3. The zero-order chi connectivity index (χ0) is 26.6. The number of benzene rings is 3. The summed E-state index contributed by atoms with van der Waals surface area (Å²) in [4.78, 5) is 24.1. The number of hydrogen-bond acceptors (Lipinski definition) is 5. The van der Waals surface area contributed by atoms with Gasteiger partial charge in [-0.3, -0.25) is 4.90 Å². The first-order valence-corrected chi connectivity index (χ1v) is 13.0. The molecule has 4 rings (SSSR count). The van der Waals surface area contributed by atoms with Gasteiger partial charge in [0.05, 0.1) is 19.9 Å². The molecule has 0 aromatic heterocycles. The Labute approximate surface area is 234 Å². The molecule has 7 nitrogen and oxygen atoms in total. The summed E-state index contributed by atoms with van der Waals surface area (Å²) in [6.07, 6.45) is -1.76. The number of methoxy groups -OCH3 is 2. The summed E-state index contributed by atoms with van der Waals surface area (Å²) in [6.45, 7) is 2.01. The van der Waals surface area contributed by atoms with Crippen molar-refractivity contribution in [3.8, 4) is 5.75 Å². The molecule has 1 fully saturated rings. The van der Waals surface area contributed by atoms with Crippen LogP contribution in [0.15, 0.2) is 88.8 Å². The van der Waals surface area contributed by atoms with Crippen molar-refractivity contribution in [3.63, 3.8) is 0 Å². The highest BCUT2D eigenvalue weighted by molar-refractivity contribution is 8.13. The second-order valence-electron chi connectivity index (χ2n) is 7.90. The summed E-state index contributed by atoms with van der Waals surface area (Å²) in [5.41, 5.74) is 3.23. The summed E-state index contributed by atoms with van der Waals surface area (Å²) < 4.78 is 9.60. The molecule has 0 bridgehead atoms. The Morgan fingerprint density at radius 3 is 2.16 bits per heavy atom. The Balaban J connectivity index is 1.90. The Morgan fingerprint density at radius 2 is 1.59 bits per heavy atom. The van der Waals surface area contributed by atoms with Crippen LogP contribution in [0, 0.1) is 6.92 Å². The van der Waals surface area contributed by atoms with E-state index in [4.69, 9.17) is 54.3 Å². The average molecular weight is 578 g/mol. The normalized spacial score (nSPS) is 17.3. The lowest BCUT2D eigenvalue weighted by Gasteiger charge is -2.33. The largest absolute Gasteiger partial charge is 0.497 e. The average Bonchev–Trinajstić information content (AvgIpc) is 3.29. The Hall–Kier alpha value is -2.91. The molecule has 3 aromatic rings. The highest BCUT2D eigenvalue weighted by Crippen LogP contribution is 2.46. The molecule has 0 spiro atoms. The molecule has 0 N–H and O–H groups in total. The van der Waals surface area contributed by atoms with Gasteiger partial charge in [-0.25, -0.2) is 19.1 Å². The maximum absolute atomic E-state index is 12.7. The molecule has 11 heteroatoms. The number of nitrogens with zero attached hydrogens (tertiary/aromatic N) is 4. The maximum Gasteiger partial charge on any atom is 0.421 e. The molecule has 0 radical (unpaired) electrons. The van der Waals surface area contributed by atoms with E-state index >= 15 is 0 Å². The van der Waals surface area contributed by atoms with Crippen LogP contribution in [0.2, 0.25) is 0 Å². The fraction of sp³-hybridized carbons (Fsp3) is 0.192. The van der Waals surface area contributed by atoms with Gasteiger partial charge in [-0.2, -0.15) is 0 Å². The van der Waals surface area contributed by atoms with E-state index in [0.29, 0.717) is 22.4 Å². The lowest BCUT2D eigenvalue weighted by Crippen LogP contribution is -2.50. The summed E-state index contributed by atoms with van der Waals surface area (Å²) in [5.74, 6) is 1.07. The van der Waals surface area contributed by atoms with Crippen LogP contribution in [0.4, 0.5) is 16.2 Å². The molecule has 1 atom stereocenters. The van der Waals surface area contributed by atoms with Gasteiger partial charge < -0.3 is 9.47 Å². The molecule has 1 heterocycles. The lowest BCUT2D eigenvalue weighted by atomic mass is 10.2. The van der Waals surface area contributed by atoms with Crippen LogP contribution in [-0.4, -0.2) is 45.6 Å². The van der Waals surface area contributed by atoms with Crippen LogP contribution < -0.4 is 9.64 Å². The molecular formula is C26H23Cl3N4O3S. The zero-order valence-electron chi connectivity index (χ0n) is 20.1. The van der Waals surface area contributed by atoms with Crippen molar-refractivity contribution in [1.29, 1.82) is 0 Å². The van der Waals surface area contributed by atoms with Crippen LogP contribution >= 0.6 is 46.8 Å². The molecule has 1 unspecified atom stereocenters. The highest BCUT2D eigenvalue weighted by atomic mass is 35.6. The van der Waals surface area contributed by atoms with E-state index < -0.39 is 16.1 Å². The van der Waals surface area contributed by atoms with Crippen molar-refractivity contribution in [3.05, 3.63) is 90.0 Å². The Bertz CT molecular complexity index is 1300. The van der Waals surface area contributed by atoms with Crippen LogP contribution in [0.25, 0.3) is 0 Å². The standard InChI is InChI=1S/C26H23Cl3N4O3S/c1-17-9-11-19(12-10-17)30-22(18-7-5-4-6-8-18)31-24-32(20-13-15-21(35-2)16-14-20)23(26(27,28)29)33(37-24)25(34)36-3/h4-16,23H,1-3H3. The van der Waals surface area contributed by atoms with E-state index in [0.717, 1.165) is 28.8 Å². The van der Waals surface area contributed by atoms with E-state index in [2.05, 4.69) is 0 Å². The summed E-state index contributed by atoms with van der Waals surface area (Å²) in [7, 11) is 2.84. The minimum absolute atomic E-state index is 0.363. The first kappa shape index (κ1) is 27.1. The van der Waals surface area contributed by atoms with Gasteiger partial charge in [0.25, 0.3) is 0 Å². The van der Waals surface area contributed by atoms with Crippen LogP contribution in [-0.2, 0) is 4.74 Å². The lowest BCUT2D eigenvalue weighted by molar-refractivity contribution is 0.144. The van der Waals surface area contributed by atoms with Gasteiger partial charge >= 0.3 is 6.09 Å². The van der Waals surface area contributed by atoms with Crippen molar-refractivity contribution < 1.29 is 14.3 Å². The number of hydrogen-bond donors (Lipinski definition) is 0. The third-order valence-corrected chi connectivity index (χ3v) is 6.94. The van der Waals surface area contributed by atoms with Gasteiger partial charge in [0.2, 0.25) is 3.79 Å². The quantitative estimate of drug-likeness (QED) is 0.140. The Morgan fingerprint density at radius 1 is 0.946 bits per heavy atom. The number of amides is 1. The minimum atomic E-state index is -1.92. The van der Waals surface area contributed by atoms with Crippen LogP contribution in [0.3, 0.4) is 0 Å². The molecule has 0 aliphatic carbocycles. The molecule has 3 aromatic carbocycles. The maximum atomic E-state index is 12.7. The van der Waals surface area contributed by atoms with Crippen molar-refractivity contribution >= 4 is 75.2 Å². The van der Waals surface area contributed by atoms with Crippen LogP contribution in [0.5, 0.6) is 5.75 Å². The van der Waals surface area contributed by atoms with Gasteiger partial charge in [-0.1, -0.05) is 82.8 Å². The topological polar surface area (TPSA) is 66.7 Å². The molecule has 192 valence electrons. The third kappa shape index (κ3) is 6.33. The highest BCUT2D eigenvalue weighted by Gasteiger charge is 2.52. The number of carbonyl (C=O) groups is 1. The molecule has 1 amide bonds. The van der Waals surface area contributed by atoms with E-state index in [1.54, 1.807) is 36.3 Å². The number of halogens is 3. The second kappa shape index (κ2) is 11.6. The zero-order valence-corrected chi connectivity index (χ0v) is 23.2. The first-order valence-electron chi connectivity index (χ1n) is 11.1. The number of aliphatic imine (C=N–C) groups is 2. The van der Waals surface area contributed by atoms with Crippen molar-refractivity contribution in [1.82, 2.24) is 4.31 Å². The monoisotopic (exact) mass is 576 g/mol. The first-order chi connectivity index (χ1) is 17.7. The van der Waals surface area contributed by atoms with Gasteiger partial charge in [-0.15, -0.1) is 0 Å². The van der Waals surface area contributed by atoms with E-state index in [-0.39, 0.29) is 0 Å². The number of amidine groups is 2. The predicted molar refractivity (Wildman–Crippen MR) is 153 cm³/mol. The smallest absolute Gasteiger partial charge is 0.421 e. The number of rotatable bonds is 4. The summed E-state index contributed by atoms with van der Waals surface area (Å²) in [6, 6.07) is 24.4. The fourth-order valence-corrected chi connectivity index (χ4v) is 5.40. The van der Waals surface area contributed by atoms with Crippen molar-refractivity contribution in [2.75, 3.05) is 19.1 Å². The molecule has 1 saturated heterocycles. The second-order valence-corrected chi connectivity index (χ2v) is 11.2. The van der Waals surface area contributed by atoms with Gasteiger partial charge in [-0.05, 0) is 43.3 Å². The minimum Gasteiger partial charge on any atom is -0.497 e. The fourth-order valence-electron chi connectivity index (χ4n) is 3.54. The summed E-state index contributed by atoms with van der Waals surface area (Å²) in [5, 5.41) is 0.363. The molecular weight excluding hydrogens is 555 g/mol. The molecule has 37 heavy (non-hydrogen) atoms. The number of carbonyl (C=O) groups excluding carboxylic acids is 1.